The van der Waals surface area contributed by atoms with Crippen LogP contribution in [0.4, 0.5) is 14.6 Å². The number of carbonyl (C=O) groups is 1. The predicted molar refractivity (Wildman–Crippen MR) is 70.6 cm³/mol. The van der Waals surface area contributed by atoms with Gasteiger partial charge in [0.05, 0.1) is 6.42 Å². The van der Waals surface area contributed by atoms with Crippen molar-refractivity contribution in [2.45, 2.75) is 6.42 Å². The van der Waals surface area contributed by atoms with E-state index in [9.17, 15) is 13.6 Å². The van der Waals surface area contributed by atoms with Gasteiger partial charge in [0.2, 0.25) is 5.91 Å². The van der Waals surface area contributed by atoms with Gasteiger partial charge >= 0.3 is 0 Å². The van der Waals surface area contributed by atoms with Crippen LogP contribution in [0.1, 0.15) is 5.56 Å². The van der Waals surface area contributed by atoms with Crippen LogP contribution in [0.25, 0.3) is 0 Å². The van der Waals surface area contributed by atoms with Gasteiger partial charge in [0.15, 0.2) is 0 Å². The Balaban J connectivity index is 2.03. The highest BCUT2D eigenvalue weighted by atomic mass is 79.9. The van der Waals surface area contributed by atoms with E-state index in [1.807, 2.05) is 0 Å². The minimum Gasteiger partial charge on any atom is -0.310 e. The number of halogens is 3. The van der Waals surface area contributed by atoms with Crippen LogP contribution >= 0.6 is 15.9 Å². The van der Waals surface area contributed by atoms with Crippen LogP contribution in [0.5, 0.6) is 0 Å². The number of amides is 1. The van der Waals surface area contributed by atoms with Gasteiger partial charge in [-0.3, -0.25) is 4.79 Å². The SMILES string of the molecule is O=C(Cc1ccc(F)cc1F)Nc1ccc(Br)cn1. The van der Waals surface area contributed by atoms with Crippen molar-refractivity contribution in [3.8, 4) is 0 Å². The minimum absolute atomic E-state index is 0.135. The molecular weight excluding hydrogens is 318 g/mol. The highest BCUT2D eigenvalue weighted by Gasteiger charge is 2.09. The number of benzene rings is 1. The van der Waals surface area contributed by atoms with Gasteiger partial charge in [-0.1, -0.05) is 6.07 Å². The van der Waals surface area contributed by atoms with E-state index in [-0.39, 0.29) is 12.0 Å². The first-order valence-corrected chi connectivity index (χ1v) is 6.19. The number of anilines is 1. The van der Waals surface area contributed by atoms with Crippen LogP contribution < -0.4 is 5.32 Å². The average molecular weight is 327 g/mol. The first-order valence-electron chi connectivity index (χ1n) is 5.40. The fourth-order valence-corrected chi connectivity index (χ4v) is 1.71. The molecule has 0 bridgehead atoms. The van der Waals surface area contributed by atoms with Crippen LogP contribution in [-0.4, -0.2) is 10.9 Å². The summed E-state index contributed by atoms with van der Waals surface area (Å²) in [5.74, 6) is -1.45. The molecule has 6 heteroatoms. The molecule has 98 valence electrons. The van der Waals surface area contributed by atoms with E-state index < -0.39 is 17.5 Å². The second-order valence-electron chi connectivity index (χ2n) is 3.82. The summed E-state index contributed by atoms with van der Waals surface area (Å²) in [6, 6.07) is 6.45. The summed E-state index contributed by atoms with van der Waals surface area (Å²) in [5, 5.41) is 2.53. The minimum atomic E-state index is -0.737. The molecule has 0 aliphatic rings. The maximum Gasteiger partial charge on any atom is 0.230 e. The average Bonchev–Trinajstić information content (AvgIpc) is 2.36. The molecule has 0 radical (unpaired) electrons. The summed E-state index contributed by atoms with van der Waals surface area (Å²) in [7, 11) is 0. The van der Waals surface area contributed by atoms with Gasteiger partial charge in [-0.05, 0) is 39.7 Å². The highest BCUT2D eigenvalue weighted by Crippen LogP contribution is 2.13. The molecule has 2 aromatic rings. The predicted octanol–water partition coefficient (Wildman–Crippen LogP) is 3.30. The van der Waals surface area contributed by atoms with Crippen LogP contribution in [0.2, 0.25) is 0 Å². The first-order chi connectivity index (χ1) is 9.04. The van der Waals surface area contributed by atoms with E-state index in [1.165, 1.54) is 12.3 Å². The molecule has 2 rings (SSSR count). The van der Waals surface area contributed by atoms with Gasteiger partial charge in [0.25, 0.3) is 0 Å². The molecule has 0 aliphatic carbocycles. The molecule has 0 saturated carbocycles. The molecule has 0 atom stereocenters. The number of hydrogen-bond acceptors (Lipinski definition) is 2. The lowest BCUT2D eigenvalue weighted by Crippen LogP contribution is -2.16. The van der Waals surface area contributed by atoms with Crippen molar-refractivity contribution in [3.05, 3.63) is 58.2 Å². The monoisotopic (exact) mass is 326 g/mol. The Labute approximate surface area is 116 Å². The van der Waals surface area contributed by atoms with Gasteiger partial charge in [-0.2, -0.15) is 0 Å². The number of carbonyl (C=O) groups excluding carboxylic acids is 1. The van der Waals surface area contributed by atoms with Crippen molar-refractivity contribution in [3.63, 3.8) is 0 Å². The normalized spacial score (nSPS) is 10.3. The molecule has 1 amide bonds. The Morgan fingerprint density at radius 3 is 2.68 bits per heavy atom. The van der Waals surface area contributed by atoms with Crippen LogP contribution in [0, 0.1) is 11.6 Å². The summed E-state index contributed by atoms with van der Waals surface area (Å²) in [4.78, 5) is 15.6. The molecule has 0 unspecified atom stereocenters. The summed E-state index contributed by atoms with van der Waals surface area (Å²) < 4.78 is 26.9. The van der Waals surface area contributed by atoms with Crippen LogP contribution in [0.3, 0.4) is 0 Å². The zero-order valence-electron chi connectivity index (χ0n) is 9.66. The van der Waals surface area contributed by atoms with Crippen LogP contribution in [-0.2, 0) is 11.2 Å². The number of nitrogens with one attached hydrogen (secondary N) is 1. The Morgan fingerprint density at radius 2 is 2.05 bits per heavy atom. The molecule has 0 fully saturated rings. The van der Waals surface area contributed by atoms with Crippen molar-refractivity contribution >= 4 is 27.7 Å². The van der Waals surface area contributed by atoms with Gasteiger partial charge in [-0.25, -0.2) is 13.8 Å². The molecule has 0 spiro atoms. The Morgan fingerprint density at radius 1 is 1.26 bits per heavy atom. The van der Waals surface area contributed by atoms with Gasteiger partial charge in [0.1, 0.15) is 17.5 Å². The third kappa shape index (κ3) is 3.82. The maximum atomic E-state index is 13.4. The summed E-state index contributed by atoms with van der Waals surface area (Å²) in [6.07, 6.45) is 1.36. The number of hydrogen-bond donors (Lipinski definition) is 1. The number of aromatic nitrogens is 1. The number of rotatable bonds is 3. The highest BCUT2D eigenvalue weighted by molar-refractivity contribution is 9.10. The standard InChI is InChI=1S/C13H9BrF2N2O/c14-9-2-4-12(17-7-9)18-13(19)5-8-1-3-10(15)6-11(8)16/h1-4,6-7H,5H2,(H,17,18,19). The largest absolute Gasteiger partial charge is 0.310 e. The van der Waals surface area contributed by atoms with Crippen LogP contribution in [0.15, 0.2) is 41.0 Å². The zero-order chi connectivity index (χ0) is 13.8. The first kappa shape index (κ1) is 13.6. The van der Waals surface area contributed by atoms with Gasteiger partial charge < -0.3 is 5.32 Å². The maximum absolute atomic E-state index is 13.4. The van der Waals surface area contributed by atoms with E-state index in [0.29, 0.717) is 5.82 Å². The molecular formula is C13H9BrF2N2O. The lowest BCUT2D eigenvalue weighted by Gasteiger charge is -2.05. The molecule has 19 heavy (non-hydrogen) atoms. The Bertz CT molecular complexity index is 602. The second kappa shape index (κ2) is 5.88. The quantitative estimate of drug-likeness (QED) is 0.940. The van der Waals surface area contributed by atoms with Crippen molar-refractivity contribution in [1.82, 2.24) is 4.98 Å². The molecule has 1 N–H and O–H groups in total. The lowest BCUT2D eigenvalue weighted by atomic mass is 10.1. The third-order valence-electron chi connectivity index (χ3n) is 2.36. The molecule has 1 aromatic heterocycles. The zero-order valence-corrected chi connectivity index (χ0v) is 11.2. The van der Waals surface area contributed by atoms with E-state index in [1.54, 1.807) is 12.1 Å². The van der Waals surface area contributed by atoms with Crippen molar-refractivity contribution in [2.75, 3.05) is 5.32 Å². The Hall–Kier alpha value is -1.82. The van der Waals surface area contributed by atoms with Crippen molar-refractivity contribution in [1.29, 1.82) is 0 Å². The summed E-state index contributed by atoms with van der Waals surface area (Å²) in [6.45, 7) is 0. The Kier molecular flexibility index (Phi) is 4.21. The van der Waals surface area contributed by atoms with Crippen molar-refractivity contribution in [2.24, 2.45) is 0 Å². The third-order valence-corrected chi connectivity index (χ3v) is 2.83. The molecule has 3 nitrogen and oxygen atoms in total. The summed E-state index contributed by atoms with van der Waals surface area (Å²) in [5.41, 5.74) is 0.135. The van der Waals surface area contributed by atoms with E-state index >= 15 is 0 Å². The molecule has 0 aliphatic heterocycles. The second-order valence-corrected chi connectivity index (χ2v) is 4.74. The topological polar surface area (TPSA) is 42.0 Å². The molecule has 1 heterocycles. The molecule has 1 aromatic carbocycles. The fourth-order valence-electron chi connectivity index (χ4n) is 1.47. The number of nitrogens with zero attached hydrogens (tertiary/aromatic N) is 1. The fraction of sp³-hybridized carbons (Fsp3) is 0.0769. The van der Waals surface area contributed by atoms with Gasteiger partial charge in [-0.15, -0.1) is 0 Å². The number of pyridine rings is 1. The lowest BCUT2D eigenvalue weighted by molar-refractivity contribution is -0.115. The van der Waals surface area contributed by atoms with Gasteiger partial charge in [0, 0.05) is 16.7 Å². The molecule has 0 saturated heterocycles. The van der Waals surface area contributed by atoms with E-state index in [4.69, 9.17) is 0 Å². The summed E-state index contributed by atoms with van der Waals surface area (Å²) >= 11 is 3.22. The van der Waals surface area contributed by atoms with E-state index in [2.05, 4.69) is 26.2 Å². The smallest absolute Gasteiger partial charge is 0.230 e. The van der Waals surface area contributed by atoms with Crippen molar-refractivity contribution < 1.29 is 13.6 Å². The van der Waals surface area contributed by atoms with E-state index in [0.717, 1.165) is 16.6 Å².